The van der Waals surface area contributed by atoms with Gasteiger partial charge in [-0.1, -0.05) is 6.07 Å². The molecule has 2 aromatic heterocycles. The van der Waals surface area contributed by atoms with E-state index in [0.717, 1.165) is 35.4 Å². The number of anilines is 1. The van der Waals surface area contributed by atoms with Gasteiger partial charge in [0.25, 0.3) is 0 Å². The highest BCUT2D eigenvalue weighted by Gasteiger charge is 1.98. The summed E-state index contributed by atoms with van der Waals surface area (Å²) in [6.07, 6.45) is 5.67. The highest BCUT2D eigenvalue weighted by molar-refractivity contribution is 5.80. The maximum absolute atomic E-state index is 5.73. The van der Waals surface area contributed by atoms with E-state index < -0.39 is 0 Å². The van der Waals surface area contributed by atoms with Gasteiger partial charge in [0, 0.05) is 23.6 Å². The molecule has 3 rings (SSSR count). The van der Waals surface area contributed by atoms with Gasteiger partial charge in [-0.05, 0) is 42.8 Å². The standard InChI is InChI=1S/C16H16N3O/c1-2-8-18-16(4-1)19-9-3-11-20-14-5-6-15-13(12-14)7-10-17-15/h1-2,4-8,12,17H,3,9,11H2,(H,18,19). The molecule has 101 valence electrons. The molecule has 1 radical (unpaired) electrons. The maximum Gasteiger partial charge on any atom is 0.125 e. The van der Waals surface area contributed by atoms with Crippen molar-refractivity contribution >= 4 is 16.7 Å². The molecule has 0 aliphatic heterocycles. The number of nitrogens with zero attached hydrogens (tertiary/aromatic N) is 1. The predicted octanol–water partition coefficient (Wildman–Crippen LogP) is 3.24. The van der Waals surface area contributed by atoms with Crippen LogP contribution in [0.15, 0.2) is 48.7 Å². The van der Waals surface area contributed by atoms with Crippen LogP contribution in [0.1, 0.15) is 6.42 Å². The fraction of sp³-hybridized carbons (Fsp3) is 0.188. The molecule has 0 aliphatic rings. The summed E-state index contributed by atoms with van der Waals surface area (Å²) in [5, 5.41) is 4.37. The molecule has 4 nitrogen and oxygen atoms in total. The molecule has 2 heterocycles. The van der Waals surface area contributed by atoms with Gasteiger partial charge in [-0.2, -0.15) is 0 Å². The second-order valence-corrected chi connectivity index (χ2v) is 4.51. The van der Waals surface area contributed by atoms with Gasteiger partial charge >= 0.3 is 0 Å². The number of fused-ring (bicyclic) bond motifs is 1. The Hall–Kier alpha value is -2.49. The Labute approximate surface area is 117 Å². The Kier molecular flexibility index (Phi) is 3.83. The topological polar surface area (TPSA) is 49.9 Å². The number of aromatic nitrogens is 2. The van der Waals surface area contributed by atoms with Crippen LogP contribution in [0.25, 0.3) is 10.9 Å². The molecule has 0 atom stereocenters. The molecule has 0 aliphatic carbocycles. The van der Waals surface area contributed by atoms with Crippen LogP contribution in [-0.4, -0.2) is 23.1 Å². The van der Waals surface area contributed by atoms with Crippen LogP contribution < -0.4 is 10.1 Å². The normalized spacial score (nSPS) is 10.6. The highest BCUT2D eigenvalue weighted by Crippen LogP contribution is 2.19. The van der Waals surface area contributed by atoms with E-state index in [9.17, 15) is 0 Å². The first-order chi connectivity index (χ1) is 9.92. The molecule has 20 heavy (non-hydrogen) atoms. The Morgan fingerprint density at radius 3 is 3.15 bits per heavy atom. The monoisotopic (exact) mass is 266 g/mol. The zero-order valence-corrected chi connectivity index (χ0v) is 11.1. The molecule has 2 N–H and O–H groups in total. The van der Waals surface area contributed by atoms with Crippen molar-refractivity contribution in [1.82, 2.24) is 9.97 Å². The van der Waals surface area contributed by atoms with E-state index in [2.05, 4.69) is 21.5 Å². The second kappa shape index (κ2) is 6.10. The summed E-state index contributed by atoms with van der Waals surface area (Å²) < 4.78 is 5.73. The van der Waals surface area contributed by atoms with Crippen molar-refractivity contribution in [1.29, 1.82) is 0 Å². The fourth-order valence-electron chi connectivity index (χ4n) is 2.00. The Morgan fingerprint density at radius 1 is 1.25 bits per heavy atom. The Morgan fingerprint density at radius 2 is 2.25 bits per heavy atom. The molecule has 0 unspecified atom stereocenters. The lowest BCUT2D eigenvalue weighted by Crippen LogP contribution is -2.07. The minimum Gasteiger partial charge on any atom is -0.494 e. The Balaban J connectivity index is 1.43. The van der Waals surface area contributed by atoms with Gasteiger partial charge in [-0.15, -0.1) is 0 Å². The molecule has 0 spiro atoms. The SMILES string of the molecule is [c]1cc2cc(OCCCNc3ccccn3)ccc2[nH]1. The minimum absolute atomic E-state index is 0.680. The average molecular weight is 266 g/mol. The van der Waals surface area contributed by atoms with Gasteiger partial charge in [0.05, 0.1) is 12.8 Å². The van der Waals surface area contributed by atoms with E-state index in [-0.39, 0.29) is 0 Å². The van der Waals surface area contributed by atoms with E-state index in [1.165, 1.54) is 0 Å². The van der Waals surface area contributed by atoms with Crippen molar-refractivity contribution in [3.05, 3.63) is 54.9 Å². The van der Waals surface area contributed by atoms with Crippen LogP contribution in [0, 0.1) is 6.20 Å². The summed E-state index contributed by atoms with van der Waals surface area (Å²) in [6, 6.07) is 13.8. The van der Waals surface area contributed by atoms with Crippen molar-refractivity contribution in [3.63, 3.8) is 0 Å². The first kappa shape index (κ1) is 12.5. The van der Waals surface area contributed by atoms with Crippen LogP contribution in [0.5, 0.6) is 5.75 Å². The van der Waals surface area contributed by atoms with Gasteiger partial charge < -0.3 is 15.0 Å². The summed E-state index contributed by atoms with van der Waals surface area (Å²) >= 11 is 0. The molecule has 0 bridgehead atoms. The summed E-state index contributed by atoms with van der Waals surface area (Å²) in [6.45, 7) is 1.52. The van der Waals surface area contributed by atoms with Crippen LogP contribution in [0.2, 0.25) is 0 Å². The van der Waals surface area contributed by atoms with Crippen molar-refractivity contribution < 1.29 is 4.74 Å². The quantitative estimate of drug-likeness (QED) is 0.673. The maximum atomic E-state index is 5.73. The molecule has 3 aromatic rings. The molecular formula is C16H16N3O. The molecule has 0 saturated heterocycles. The lowest BCUT2D eigenvalue weighted by Gasteiger charge is -2.07. The van der Waals surface area contributed by atoms with E-state index in [1.807, 2.05) is 42.5 Å². The van der Waals surface area contributed by atoms with Crippen LogP contribution in [0.3, 0.4) is 0 Å². The van der Waals surface area contributed by atoms with E-state index in [0.29, 0.717) is 6.61 Å². The van der Waals surface area contributed by atoms with E-state index >= 15 is 0 Å². The number of nitrogens with one attached hydrogen (secondary N) is 2. The van der Waals surface area contributed by atoms with Gasteiger partial charge in [-0.25, -0.2) is 4.98 Å². The molecule has 0 saturated carbocycles. The number of ether oxygens (including phenoxy) is 1. The van der Waals surface area contributed by atoms with Crippen molar-refractivity contribution in [2.45, 2.75) is 6.42 Å². The third-order valence-electron chi connectivity index (χ3n) is 3.02. The average Bonchev–Trinajstić information content (AvgIpc) is 2.95. The largest absolute Gasteiger partial charge is 0.494 e. The second-order valence-electron chi connectivity index (χ2n) is 4.51. The number of pyridine rings is 1. The van der Waals surface area contributed by atoms with Gasteiger partial charge in [0.2, 0.25) is 0 Å². The zero-order chi connectivity index (χ0) is 13.6. The molecule has 0 fully saturated rings. The predicted molar refractivity (Wildman–Crippen MR) is 80.0 cm³/mol. The van der Waals surface area contributed by atoms with Gasteiger partial charge in [0.1, 0.15) is 11.6 Å². The van der Waals surface area contributed by atoms with E-state index in [1.54, 1.807) is 6.20 Å². The van der Waals surface area contributed by atoms with Crippen LogP contribution in [0.4, 0.5) is 5.82 Å². The van der Waals surface area contributed by atoms with Gasteiger partial charge in [-0.3, -0.25) is 0 Å². The van der Waals surface area contributed by atoms with E-state index in [4.69, 9.17) is 4.74 Å². The summed E-state index contributed by atoms with van der Waals surface area (Å²) in [7, 11) is 0. The first-order valence-corrected chi connectivity index (χ1v) is 6.68. The summed E-state index contributed by atoms with van der Waals surface area (Å²) in [5.74, 6) is 1.79. The third-order valence-corrected chi connectivity index (χ3v) is 3.02. The van der Waals surface area contributed by atoms with Gasteiger partial charge in [0.15, 0.2) is 0 Å². The smallest absolute Gasteiger partial charge is 0.125 e. The lowest BCUT2D eigenvalue weighted by atomic mass is 10.2. The van der Waals surface area contributed by atoms with Crippen LogP contribution >= 0.6 is 0 Å². The first-order valence-electron chi connectivity index (χ1n) is 6.68. The minimum atomic E-state index is 0.680. The molecular weight excluding hydrogens is 250 g/mol. The van der Waals surface area contributed by atoms with Crippen LogP contribution in [-0.2, 0) is 0 Å². The summed E-state index contributed by atoms with van der Waals surface area (Å²) in [4.78, 5) is 7.25. The molecule has 0 amide bonds. The van der Waals surface area contributed by atoms with Crippen molar-refractivity contribution in [2.75, 3.05) is 18.5 Å². The lowest BCUT2D eigenvalue weighted by molar-refractivity contribution is 0.315. The number of aromatic amines is 1. The highest BCUT2D eigenvalue weighted by atomic mass is 16.5. The zero-order valence-electron chi connectivity index (χ0n) is 11.1. The third kappa shape index (κ3) is 3.09. The van der Waals surface area contributed by atoms with Crippen molar-refractivity contribution in [3.8, 4) is 5.75 Å². The summed E-state index contributed by atoms with van der Waals surface area (Å²) in [5.41, 5.74) is 1.08. The number of hydrogen-bond acceptors (Lipinski definition) is 3. The number of H-pyrrole nitrogens is 1. The molecule has 1 aromatic carbocycles. The Bertz CT molecular complexity index is 664. The fourth-order valence-corrected chi connectivity index (χ4v) is 2.00. The number of rotatable bonds is 6. The number of hydrogen-bond donors (Lipinski definition) is 2. The molecule has 4 heteroatoms. The number of benzene rings is 1. The van der Waals surface area contributed by atoms with Crippen molar-refractivity contribution in [2.24, 2.45) is 0 Å².